The van der Waals surface area contributed by atoms with Crippen LogP contribution in [0.15, 0.2) is 47.6 Å². The first-order chi connectivity index (χ1) is 10.0. The molecule has 4 nitrogen and oxygen atoms in total. The van der Waals surface area contributed by atoms with Crippen molar-refractivity contribution in [2.75, 3.05) is 5.32 Å². The van der Waals surface area contributed by atoms with Crippen LogP contribution in [0.1, 0.15) is 28.4 Å². The zero-order valence-corrected chi connectivity index (χ0v) is 13.9. The number of anilines is 1. The second kappa shape index (κ2) is 6.71. The van der Waals surface area contributed by atoms with Crippen molar-refractivity contribution in [3.05, 3.63) is 62.7 Å². The monoisotopic (exact) mass is 394 g/mol. The maximum atomic E-state index is 12.4. The number of oxime groups is 1. The zero-order chi connectivity index (χ0) is 15.4. The second-order valence-corrected chi connectivity index (χ2v) is 5.70. The van der Waals surface area contributed by atoms with Gasteiger partial charge in [0.05, 0.1) is 17.0 Å². The first-order valence-electron chi connectivity index (χ1n) is 6.39. The third-order valence-electron chi connectivity index (χ3n) is 3.15. The SMILES string of the molecule is C/C(=N/O)c1ccccc1NC(=O)c1cccc(C)c1I. The number of carbonyl (C=O) groups excluding carboxylic acids is 1. The van der Waals surface area contributed by atoms with Crippen LogP contribution in [0.25, 0.3) is 0 Å². The number of hydrogen-bond acceptors (Lipinski definition) is 3. The normalized spacial score (nSPS) is 11.3. The highest BCUT2D eigenvalue weighted by atomic mass is 127. The first-order valence-corrected chi connectivity index (χ1v) is 7.47. The fraction of sp³-hybridized carbons (Fsp3) is 0.125. The van der Waals surface area contributed by atoms with E-state index in [1.54, 1.807) is 25.1 Å². The van der Waals surface area contributed by atoms with Gasteiger partial charge < -0.3 is 10.5 Å². The van der Waals surface area contributed by atoms with Gasteiger partial charge in [-0.25, -0.2) is 0 Å². The number of amides is 1. The largest absolute Gasteiger partial charge is 0.411 e. The van der Waals surface area contributed by atoms with Crippen LogP contribution in [0.5, 0.6) is 0 Å². The van der Waals surface area contributed by atoms with Crippen LogP contribution >= 0.6 is 22.6 Å². The molecule has 0 heterocycles. The summed E-state index contributed by atoms with van der Waals surface area (Å²) in [7, 11) is 0. The maximum Gasteiger partial charge on any atom is 0.256 e. The van der Waals surface area contributed by atoms with Gasteiger partial charge in [-0.3, -0.25) is 4.79 Å². The lowest BCUT2D eigenvalue weighted by atomic mass is 10.1. The van der Waals surface area contributed by atoms with Crippen molar-refractivity contribution in [2.24, 2.45) is 5.16 Å². The minimum atomic E-state index is -0.179. The highest BCUT2D eigenvalue weighted by Gasteiger charge is 2.14. The van der Waals surface area contributed by atoms with E-state index in [0.717, 1.165) is 9.13 Å². The molecule has 2 aromatic carbocycles. The summed E-state index contributed by atoms with van der Waals surface area (Å²) in [6, 6.07) is 12.9. The second-order valence-electron chi connectivity index (χ2n) is 4.62. The van der Waals surface area contributed by atoms with E-state index < -0.39 is 0 Å². The summed E-state index contributed by atoms with van der Waals surface area (Å²) in [4.78, 5) is 12.4. The molecule has 0 unspecified atom stereocenters. The molecular weight excluding hydrogens is 379 g/mol. The Bertz CT molecular complexity index is 711. The molecule has 0 bridgehead atoms. The molecule has 108 valence electrons. The third-order valence-corrected chi connectivity index (χ3v) is 4.58. The van der Waals surface area contributed by atoms with E-state index in [4.69, 9.17) is 5.21 Å². The van der Waals surface area contributed by atoms with Gasteiger partial charge in [0.15, 0.2) is 0 Å². The summed E-state index contributed by atoms with van der Waals surface area (Å²) in [6.07, 6.45) is 0. The summed E-state index contributed by atoms with van der Waals surface area (Å²) in [5.41, 5.74) is 3.45. The molecule has 2 aromatic rings. The van der Waals surface area contributed by atoms with E-state index in [1.165, 1.54) is 0 Å². The Kier molecular flexibility index (Phi) is 4.95. The third kappa shape index (κ3) is 3.41. The van der Waals surface area contributed by atoms with Crippen LogP contribution in [0, 0.1) is 10.5 Å². The number of rotatable bonds is 3. The molecule has 1 amide bonds. The lowest BCUT2D eigenvalue weighted by molar-refractivity contribution is 0.102. The van der Waals surface area contributed by atoms with Crippen molar-refractivity contribution in [1.29, 1.82) is 0 Å². The number of aryl methyl sites for hydroxylation is 1. The van der Waals surface area contributed by atoms with Crippen LogP contribution in [0.4, 0.5) is 5.69 Å². The standard InChI is InChI=1S/C16H15IN2O2/c1-10-6-5-8-13(15(10)17)16(20)18-14-9-4-3-7-12(14)11(2)19-21/h3-9,21H,1-2H3,(H,18,20)/b19-11-. The van der Waals surface area contributed by atoms with E-state index in [2.05, 4.69) is 33.1 Å². The summed E-state index contributed by atoms with van der Waals surface area (Å²) >= 11 is 2.17. The number of para-hydroxylation sites is 1. The fourth-order valence-electron chi connectivity index (χ4n) is 1.97. The summed E-state index contributed by atoms with van der Waals surface area (Å²) in [5.74, 6) is -0.179. The Hall–Kier alpha value is -1.89. The molecule has 0 saturated heterocycles. The molecule has 0 atom stereocenters. The maximum absolute atomic E-state index is 12.4. The average Bonchev–Trinajstić information content (AvgIpc) is 2.49. The molecule has 21 heavy (non-hydrogen) atoms. The van der Waals surface area contributed by atoms with E-state index in [1.807, 2.05) is 31.2 Å². The topological polar surface area (TPSA) is 61.7 Å². The summed E-state index contributed by atoms with van der Waals surface area (Å²) < 4.78 is 0.928. The van der Waals surface area contributed by atoms with E-state index in [9.17, 15) is 4.79 Å². The molecule has 0 aliphatic heterocycles. The summed E-state index contributed by atoms with van der Waals surface area (Å²) in [5, 5.41) is 15.0. The van der Waals surface area contributed by atoms with Gasteiger partial charge >= 0.3 is 0 Å². The van der Waals surface area contributed by atoms with Crippen LogP contribution < -0.4 is 5.32 Å². The number of halogens is 1. The van der Waals surface area contributed by atoms with E-state index >= 15 is 0 Å². The Morgan fingerprint density at radius 1 is 1.14 bits per heavy atom. The van der Waals surface area contributed by atoms with Gasteiger partial charge in [0.25, 0.3) is 5.91 Å². The number of benzene rings is 2. The molecule has 2 N–H and O–H groups in total. The van der Waals surface area contributed by atoms with Gasteiger partial charge in [0, 0.05) is 9.13 Å². The van der Waals surface area contributed by atoms with Gasteiger partial charge in [-0.2, -0.15) is 0 Å². The van der Waals surface area contributed by atoms with Crippen LogP contribution in [-0.4, -0.2) is 16.8 Å². The van der Waals surface area contributed by atoms with E-state index in [0.29, 0.717) is 22.5 Å². The van der Waals surface area contributed by atoms with Gasteiger partial charge in [-0.05, 0) is 54.1 Å². The number of hydrogen-bond donors (Lipinski definition) is 2. The minimum Gasteiger partial charge on any atom is -0.411 e. The Morgan fingerprint density at radius 2 is 1.81 bits per heavy atom. The van der Waals surface area contributed by atoms with Crippen molar-refractivity contribution < 1.29 is 10.0 Å². The van der Waals surface area contributed by atoms with Crippen LogP contribution in [-0.2, 0) is 0 Å². The molecular formula is C16H15IN2O2. The number of nitrogens with one attached hydrogen (secondary N) is 1. The molecule has 0 aliphatic carbocycles. The van der Waals surface area contributed by atoms with Gasteiger partial charge in [-0.15, -0.1) is 0 Å². The smallest absolute Gasteiger partial charge is 0.256 e. The molecule has 0 aromatic heterocycles. The van der Waals surface area contributed by atoms with Crippen molar-refractivity contribution in [1.82, 2.24) is 0 Å². The van der Waals surface area contributed by atoms with Crippen molar-refractivity contribution >= 4 is 39.9 Å². The van der Waals surface area contributed by atoms with E-state index in [-0.39, 0.29) is 5.91 Å². The van der Waals surface area contributed by atoms with Crippen LogP contribution in [0.3, 0.4) is 0 Å². The predicted molar refractivity (Wildman–Crippen MR) is 92.3 cm³/mol. The first kappa shape index (κ1) is 15.5. The molecule has 0 aliphatic rings. The quantitative estimate of drug-likeness (QED) is 0.357. The molecule has 0 saturated carbocycles. The molecule has 0 spiro atoms. The average molecular weight is 394 g/mol. The molecule has 2 rings (SSSR count). The number of carbonyl (C=O) groups is 1. The van der Waals surface area contributed by atoms with Crippen molar-refractivity contribution in [3.63, 3.8) is 0 Å². The molecule has 0 fully saturated rings. The highest BCUT2D eigenvalue weighted by Crippen LogP contribution is 2.20. The Morgan fingerprint density at radius 3 is 2.52 bits per heavy atom. The fourth-order valence-corrected chi connectivity index (χ4v) is 2.58. The summed E-state index contributed by atoms with van der Waals surface area (Å²) in [6.45, 7) is 3.65. The predicted octanol–water partition coefficient (Wildman–Crippen LogP) is 4.05. The Labute approximate surface area is 137 Å². The molecule has 0 radical (unpaired) electrons. The van der Waals surface area contributed by atoms with Crippen molar-refractivity contribution in [3.8, 4) is 0 Å². The zero-order valence-electron chi connectivity index (χ0n) is 11.7. The Balaban J connectivity index is 2.35. The minimum absolute atomic E-state index is 0.179. The van der Waals surface area contributed by atoms with Gasteiger partial charge in [0.2, 0.25) is 0 Å². The highest BCUT2D eigenvalue weighted by molar-refractivity contribution is 14.1. The lowest BCUT2D eigenvalue weighted by Gasteiger charge is -2.11. The van der Waals surface area contributed by atoms with Gasteiger partial charge in [0.1, 0.15) is 0 Å². The van der Waals surface area contributed by atoms with Gasteiger partial charge in [-0.1, -0.05) is 35.5 Å². The van der Waals surface area contributed by atoms with Crippen molar-refractivity contribution in [2.45, 2.75) is 13.8 Å². The van der Waals surface area contributed by atoms with Crippen LogP contribution in [0.2, 0.25) is 0 Å². The lowest BCUT2D eigenvalue weighted by Crippen LogP contribution is -2.16. The number of nitrogens with zero attached hydrogens (tertiary/aromatic N) is 1. The molecule has 5 heteroatoms.